The van der Waals surface area contributed by atoms with Gasteiger partial charge in [-0.15, -0.1) is 11.3 Å². The molecule has 7 heteroatoms. The van der Waals surface area contributed by atoms with Gasteiger partial charge in [-0.1, -0.05) is 76.6 Å². The minimum absolute atomic E-state index is 0.130. The maximum Gasteiger partial charge on any atom is 0.293 e. The summed E-state index contributed by atoms with van der Waals surface area (Å²) in [7, 11) is 3.65. The third kappa shape index (κ3) is 3.94. The van der Waals surface area contributed by atoms with E-state index >= 15 is 0 Å². The van der Waals surface area contributed by atoms with Gasteiger partial charge in [-0.3, -0.25) is 18.7 Å². The predicted octanol–water partition coefficient (Wildman–Crippen LogP) is 5.90. The van der Waals surface area contributed by atoms with Gasteiger partial charge >= 0.3 is 0 Å². The molecule has 0 unspecified atom stereocenters. The highest BCUT2D eigenvalue weighted by molar-refractivity contribution is 9.10. The Bertz CT molecular complexity index is 1540. The van der Waals surface area contributed by atoms with Crippen LogP contribution in [-0.4, -0.2) is 13.9 Å². The van der Waals surface area contributed by atoms with Gasteiger partial charge in [0.05, 0.1) is 11.4 Å². The van der Waals surface area contributed by atoms with Crippen LogP contribution in [0.4, 0.5) is 5.69 Å². The van der Waals surface area contributed by atoms with Crippen molar-refractivity contribution < 1.29 is 0 Å². The summed E-state index contributed by atoms with van der Waals surface area (Å²) in [6.07, 6.45) is 0. The van der Waals surface area contributed by atoms with Gasteiger partial charge in [0.2, 0.25) is 0 Å². The molecule has 0 spiro atoms. The lowest BCUT2D eigenvalue weighted by atomic mass is 10.1. The van der Waals surface area contributed by atoms with E-state index < -0.39 is 0 Å². The van der Waals surface area contributed by atoms with Crippen LogP contribution >= 0.6 is 27.3 Å². The van der Waals surface area contributed by atoms with Crippen molar-refractivity contribution in [3.8, 4) is 28.2 Å². The van der Waals surface area contributed by atoms with E-state index in [2.05, 4.69) is 50.1 Å². The van der Waals surface area contributed by atoms with E-state index in [9.17, 15) is 4.79 Å². The highest BCUT2D eigenvalue weighted by atomic mass is 79.9. The largest absolute Gasteiger partial charge is 0.293 e. The van der Waals surface area contributed by atoms with Crippen LogP contribution in [0.5, 0.6) is 0 Å². The second kappa shape index (κ2) is 8.84. The normalized spacial score (nSPS) is 11.8. The van der Waals surface area contributed by atoms with Crippen LogP contribution in [-0.2, 0) is 14.1 Å². The minimum atomic E-state index is -0.130. The van der Waals surface area contributed by atoms with Crippen molar-refractivity contribution in [1.82, 2.24) is 13.9 Å². The van der Waals surface area contributed by atoms with Gasteiger partial charge in [0, 0.05) is 35.2 Å². The number of aromatic nitrogens is 3. The molecule has 0 fully saturated rings. The molecule has 164 valence electrons. The monoisotopic (exact) mass is 516 g/mol. The molecule has 5 rings (SSSR count). The molecule has 0 amide bonds. The van der Waals surface area contributed by atoms with Gasteiger partial charge < -0.3 is 0 Å². The van der Waals surface area contributed by atoms with Gasteiger partial charge in [0.15, 0.2) is 10.5 Å². The minimum Gasteiger partial charge on any atom is -0.285 e. The maximum absolute atomic E-state index is 13.2. The number of nitrogens with zero attached hydrogens (tertiary/aromatic N) is 4. The number of hydrogen-bond acceptors (Lipinski definition) is 3. The Balaban J connectivity index is 1.80. The van der Waals surface area contributed by atoms with Crippen molar-refractivity contribution >= 4 is 33.0 Å². The summed E-state index contributed by atoms with van der Waals surface area (Å²) >= 11 is 5.04. The van der Waals surface area contributed by atoms with Crippen molar-refractivity contribution in [2.45, 2.75) is 0 Å². The van der Waals surface area contributed by atoms with E-state index in [1.165, 1.54) is 11.3 Å². The van der Waals surface area contributed by atoms with Crippen LogP contribution in [0.3, 0.4) is 0 Å². The summed E-state index contributed by atoms with van der Waals surface area (Å²) in [5.74, 6) is 0. The van der Waals surface area contributed by atoms with E-state index in [4.69, 9.17) is 4.99 Å². The highest BCUT2D eigenvalue weighted by Crippen LogP contribution is 2.29. The Hall–Kier alpha value is -3.42. The summed E-state index contributed by atoms with van der Waals surface area (Å²) in [5, 5.41) is 2.09. The molecule has 5 nitrogen and oxygen atoms in total. The first kappa shape index (κ1) is 21.4. The Morgan fingerprint density at radius 2 is 1.42 bits per heavy atom. The molecular formula is C26H21BrN4OS. The van der Waals surface area contributed by atoms with Crippen molar-refractivity contribution in [3.05, 3.63) is 110 Å². The zero-order chi connectivity index (χ0) is 22.9. The molecule has 0 atom stereocenters. The lowest BCUT2D eigenvalue weighted by molar-refractivity contribution is 0.584. The standard InChI is InChI=1S/C26H21BrN4OS/c1-29-24(19-9-5-3-6-10-19)23(25(32)30(29)2)28-26-31(21-11-7-4-8-12-21)22(17-33-26)18-13-15-20(27)16-14-18/h3-17H,1-2H3. The van der Waals surface area contributed by atoms with Crippen molar-refractivity contribution in [3.63, 3.8) is 0 Å². The van der Waals surface area contributed by atoms with E-state index in [1.54, 1.807) is 11.7 Å². The van der Waals surface area contributed by atoms with E-state index in [0.29, 0.717) is 5.69 Å². The fourth-order valence-corrected chi connectivity index (χ4v) is 5.02. The molecule has 0 bridgehead atoms. The first-order valence-electron chi connectivity index (χ1n) is 10.4. The lowest BCUT2D eigenvalue weighted by Crippen LogP contribution is -2.18. The van der Waals surface area contributed by atoms with Gasteiger partial charge in [-0.2, -0.15) is 0 Å². The van der Waals surface area contributed by atoms with Crippen LogP contribution in [0.2, 0.25) is 0 Å². The quantitative estimate of drug-likeness (QED) is 0.293. The van der Waals surface area contributed by atoms with Gasteiger partial charge in [-0.05, 0) is 29.8 Å². The molecule has 0 aliphatic rings. The molecule has 3 aromatic carbocycles. The Labute approximate surface area is 203 Å². The molecule has 33 heavy (non-hydrogen) atoms. The number of para-hydroxylation sites is 1. The van der Waals surface area contributed by atoms with E-state index in [0.717, 1.165) is 37.5 Å². The first-order chi connectivity index (χ1) is 16.0. The van der Waals surface area contributed by atoms with Crippen molar-refractivity contribution in [1.29, 1.82) is 0 Å². The fraction of sp³-hybridized carbons (Fsp3) is 0.0769. The second-order valence-electron chi connectivity index (χ2n) is 7.61. The van der Waals surface area contributed by atoms with Crippen molar-refractivity contribution in [2.75, 3.05) is 0 Å². The summed E-state index contributed by atoms with van der Waals surface area (Å²) in [6, 6.07) is 28.2. The van der Waals surface area contributed by atoms with Gasteiger partial charge in [-0.25, -0.2) is 4.99 Å². The molecule has 0 aliphatic heterocycles. The molecule has 2 heterocycles. The first-order valence-corrected chi connectivity index (χ1v) is 12.1. The Morgan fingerprint density at radius 3 is 2.09 bits per heavy atom. The number of hydrogen-bond donors (Lipinski definition) is 0. The topological polar surface area (TPSA) is 44.2 Å². The molecular weight excluding hydrogens is 496 g/mol. The van der Waals surface area contributed by atoms with Crippen molar-refractivity contribution in [2.24, 2.45) is 19.1 Å². The number of rotatable bonds is 4. The fourth-order valence-electron chi connectivity index (χ4n) is 3.85. The van der Waals surface area contributed by atoms with Gasteiger partial charge in [0.1, 0.15) is 0 Å². The Morgan fingerprint density at radius 1 is 0.788 bits per heavy atom. The SMILES string of the molecule is Cn1c(-c2ccccc2)c(N=c2scc(-c3ccc(Br)cc3)n2-c2ccccc2)c(=O)n1C. The highest BCUT2D eigenvalue weighted by Gasteiger charge is 2.18. The molecule has 0 saturated carbocycles. The molecule has 2 aromatic heterocycles. The van der Waals surface area contributed by atoms with Crippen LogP contribution in [0, 0.1) is 0 Å². The summed E-state index contributed by atoms with van der Waals surface area (Å²) in [4.78, 5) is 18.9. The predicted molar refractivity (Wildman–Crippen MR) is 138 cm³/mol. The lowest BCUT2D eigenvalue weighted by Gasteiger charge is -2.09. The van der Waals surface area contributed by atoms with Crippen LogP contribution in [0.25, 0.3) is 28.2 Å². The zero-order valence-corrected chi connectivity index (χ0v) is 20.5. The third-order valence-corrected chi connectivity index (χ3v) is 6.97. The smallest absolute Gasteiger partial charge is 0.285 e. The zero-order valence-electron chi connectivity index (χ0n) is 18.1. The Kier molecular flexibility index (Phi) is 5.74. The number of thiazole rings is 1. The average molecular weight is 517 g/mol. The summed E-state index contributed by atoms with van der Waals surface area (Å²) in [5.41, 5.74) is 5.13. The molecule has 0 radical (unpaired) electrons. The number of benzene rings is 3. The molecule has 0 N–H and O–H groups in total. The van der Waals surface area contributed by atoms with Crippen LogP contribution < -0.4 is 10.4 Å². The van der Waals surface area contributed by atoms with Crippen LogP contribution in [0.1, 0.15) is 0 Å². The van der Waals surface area contributed by atoms with E-state index in [1.807, 2.05) is 72.4 Å². The maximum atomic E-state index is 13.2. The molecule has 0 aliphatic carbocycles. The molecule has 0 saturated heterocycles. The third-order valence-electron chi connectivity index (χ3n) is 5.61. The summed E-state index contributed by atoms with van der Waals surface area (Å²) < 4.78 is 6.58. The number of halogens is 1. The summed E-state index contributed by atoms with van der Waals surface area (Å²) in [6.45, 7) is 0. The second-order valence-corrected chi connectivity index (χ2v) is 9.36. The van der Waals surface area contributed by atoms with Crippen LogP contribution in [0.15, 0.2) is 105 Å². The molecule has 5 aromatic rings. The van der Waals surface area contributed by atoms with E-state index in [-0.39, 0.29) is 5.56 Å². The van der Waals surface area contributed by atoms with Gasteiger partial charge in [0.25, 0.3) is 5.56 Å². The average Bonchev–Trinajstić information content (AvgIpc) is 3.36.